The first-order valence-corrected chi connectivity index (χ1v) is 7.70. The molecule has 0 bridgehead atoms. The van der Waals surface area contributed by atoms with E-state index in [4.69, 9.17) is 11.5 Å². The molecule has 1 aromatic rings. The number of nitrogens with zero attached hydrogens (tertiary/aromatic N) is 1. The number of nitrogen functional groups attached to an aromatic ring is 1. The van der Waals surface area contributed by atoms with Gasteiger partial charge in [-0.15, -0.1) is 0 Å². The lowest BCUT2D eigenvalue weighted by Crippen LogP contribution is -2.34. The average molecular weight is 281 g/mol. The van der Waals surface area contributed by atoms with Crippen LogP contribution in [0.15, 0.2) is 24.3 Å². The average Bonchev–Trinajstić information content (AvgIpc) is 2.34. The summed E-state index contributed by atoms with van der Waals surface area (Å²) in [5.74, 6) is 1.96. The SMILES string of the molecule is CCSCCCN(CC(N)=O)Cc1cccc(N)c1. The highest BCUT2D eigenvalue weighted by Gasteiger charge is 2.09. The maximum Gasteiger partial charge on any atom is 0.231 e. The van der Waals surface area contributed by atoms with Gasteiger partial charge in [0.1, 0.15) is 0 Å². The monoisotopic (exact) mass is 281 g/mol. The Morgan fingerprint density at radius 1 is 1.42 bits per heavy atom. The van der Waals surface area contributed by atoms with Crippen LogP contribution >= 0.6 is 11.8 Å². The van der Waals surface area contributed by atoms with Crippen LogP contribution in [-0.4, -0.2) is 35.4 Å². The number of nitrogens with two attached hydrogens (primary N) is 2. The summed E-state index contributed by atoms with van der Waals surface area (Å²) in [6.07, 6.45) is 1.06. The van der Waals surface area contributed by atoms with Gasteiger partial charge < -0.3 is 11.5 Å². The van der Waals surface area contributed by atoms with E-state index >= 15 is 0 Å². The molecule has 0 aliphatic rings. The van der Waals surface area contributed by atoms with Gasteiger partial charge in [0.25, 0.3) is 0 Å². The lowest BCUT2D eigenvalue weighted by atomic mass is 10.2. The van der Waals surface area contributed by atoms with Gasteiger partial charge in [-0.05, 0) is 42.2 Å². The molecule has 0 saturated carbocycles. The third-order valence-corrected chi connectivity index (χ3v) is 3.69. The molecule has 0 saturated heterocycles. The van der Waals surface area contributed by atoms with Crippen molar-refractivity contribution >= 4 is 23.4 Å². The molecule has 5 heteroatoms. The summed E-state index contributed by atoms with van der Waals surface area (Å²) in [6.45, 7) is 4.04. The minimum atomic E-state index is -0.285. The number of amides is 1. The summed E-state index contributed by atoms with van der Waals surface area (Å²) in [6, 6.07) is 7.75. The fourth-order valence-corrected chi connectivity index (χ4v) is 2.54. The molecule has 0 spiro atoms. The van der Waals surface area contributed by atoms with Gasteiger partial charge in [0.05, 0.1) is 6.54 Å². The van der Waals surface area contributed by atoms with E-state index in [2.05, 4.69) is 11.8 Å². The Labute approximate surface area is 119 Å². The van der Waals surface area contributed by atoms with Crippen molar-refractivity contribution in [3.05, 3.63) is 29.8 Å². The summed E-state index contributed by atoms with van der Waals surface area (Å²) in [5.41, 5.74) is 12.9. The lowest BCUT2D eigenvalue weighted by molar-refractivity contribution is -0.119. The van der Waals surface area contributed by atoms with Crippen molar-refractivity contribution in [1.82, 2.24) is 4.90 Å². The molecule has 0 aliphatic heterocycles. The molecule has 0 aliphatic carbocycles. The zero-order valence-corrected chi connectivity index (χ0v) is 12.3. The van der Waals surface area contributed by atoms with Crippen LogP contribution in [0.25, 0.3) is 0 Å². The van der Waals surface area contributed by atoms with Crippen LogP contribution in [0.3, 0.4) is 0 Å². The molecule has 0 heterocycles. The van der Waals surface area contributed by atoms with Crippen molar-refractivity contribution in [2.75, 3.05) is 30.3 Å². The Morgan fingerprint density at radius 3 is 2.84 bits per heavy atom. The Balaban J connectivity index is 2.51. The zero-order chi connectivity index (χ0) is 14.1. The number of carbonyl (C=O) groups is 1. The van der Waals surface area contributed by atoms with Crippen molar-refractivity contribution in [3.63, 3.8) is 0 Å². The Bertz CT molecular complexity index is 398. The second-order valence-corrected chi connectivity index (χ2v) is 5.87. The summed E-state index contributed by atoms with van der Waals surface area (Å²) >= 11 is 1.91. The number of thioether (sulfide) groups is 1. The van der Waals surface area contributed by atoms with E-state index in [1.165, 1.54) is 0 Å². The fraction of sp³-hybridized carbons (Fsp3) is 0.500. The van der Waals surface area contributed by atoms with Crippen LogP contribution in [0.5, 0.6) is 0 Å². The normalized spacial score (nSPS) is 10.8. The minimum absolute atomic E-state index is 0.285. The molecule has 0 radical (unpaired) electrons. The Kier molecular flexibility index (Phi) is 7.36. The summed E-state index contributed by atoms with van der Waals surface area (Å²) < 4.78 is 0. The Hall–Kier alpha value is -1.20. The molecule has 4 nitrogen and oxygen atoms in total. The van der Waals surface area contributed by atoms with Crippen LogP contribution in [0.2, 0.25) is 0 Å². The number of primary amides is 1. The molecule has 0 aromatic heterocycles. The van der Waals surface area contributed by atoms with Crippen LogP contribution in [0.4, 0.5) is 5.69 Å². The number of benzene rings is 1. The minimum Gasteiger partial charge on any atom is -0.399 e. The third kappa shape index (κ3) is 7.08. The second-order valence-electron chi connectivity index (χ2n) is 4.47. The van der Waals surface area contributed by atoms with Crippen molar-refractivity contribution < 1.29 is 4.79 Å². The summed E-state index contributed by atoms with van der Waals surface area (Å²) in [4.78, 5) is 13.2. The molecule has 4 N–H and O–H groups in total. The molecule has 1 amide bonds. The summed E-state index contributed by atoms with van der Waals surface area (Å²) in [5, 5.41) is 0. The number of rotatable bonds is 9. The van der Waals surface area contributed by atoms with E-state index in [1.54, 1.807) is 0 Å². The number of hydrogen-bond donors (Lipinski definition) is 2. The first kappa shape index (κ1) is 15.9. The maximum atomic E-state index is 11.1. The van der Waals surface area contributed by atoms with Crippen LogP contribution in [0.1, 0.15) is 18.9 Å². The molecule has 1 aromatic carbocycles. The lowest BCUT2D eigenvalue weighted by Gasteiger charge is -2.20. The van der Waals surface area contributed by atoms with E-state index in [1.807, 2.05) is 36.0 Å². The van der Waals surface area contributed by atoms with Crippen molar-refractivity contribution in [2.45, 2.75) is 19.9 Å². The quantitative estimate of drug-likeness (QED) is 0.534. The van der Waals surface area contributed by atoms with Gasteiger partial charge >= 0.3 is 0 Å². The smallest absolute Gasteiger partial charge is 0.231 e. The second kappa shape index (κ2) is 8.82. The first-order valence-electron chi connectivity index (χ1n) is 6.54. The van der Waals surface area contributed by atoms with E-state index in [0.717, 1.165) is 35.7 Å². The predicted octanol–water partition coefficient (Wildman–Crippen LogP) is 1.70. The van der Waals surface area contributed by atoms with Crippen LogP contribution in [0, 0.1) is 0 Å². The zero-order valence-electron chi connectivity index (χ0n) is 11.5. The molecule has 0 fully saturated rings. The summed E-state index contributed by atoms with van der Waals surface area (Å²) in [7, 11) is 0. The van der Waals surface area contributed by atoms with Crippen molar-refractivity contribution in [3.8, 4) is 0 Å². The highest BCUT2D eigenvalue weighted by molar-refractivity contribution is 7.99. The number of carbonyl (C=O) groups excluding carboxylic acids is 1. The topological polar surface area (TPSA) is 72.3 Å². The van der Waals surface area contributed by atoms with Gasteiger partial charge in [-0.1, -0.05) is 19.1 Å². The van der Waals surface area contributed by atoms with Crippen molar-refractivity contribution in [2.24, 2.45) is 5.73 Å². The molecule has 0 atom stereocenters. The molecule has 0 unspecified atom stereocenters. The van der Waals surface area contributed by atoms with Gasteiger partial charge in [-0.2, -0.15) is 11.8 Å². The van der Waals surface area contributed by atoms with Gasteiger partial charge in [0.2, 0.25) is 5.91 Å². The van der Waals surface area contributed by atoms with Crippen LogP contribution in [-0.2, 0) is 11.3 Å². The van der Waals surface area contributed by atoms with Gasteiger partial charge in [0.15, 0.2) is 0 Å². The molecule has 1 rings (SSSR count). The number of hydrogen-bond acceptors (Lipinski definition) is 4. The highest BCUT2D eigenvalue weighted by atomic mass is 32.2. The van der Waals surface area contributed by atoms with Gasteiger partial charge in [-0.25, -0.2) is 0 Å². The number of anilines is 1. The third-order valence-electron chi connectivity index (χ3n) is 2.70. The van der Waals surface area contributed by atoms with Crippen molar-refractivity contribution in [1.29, 1.82) is 0 Å². The molecular formula is C14H23N3OS. The van der Waals surface area contributed by atoms with Gasteiger partial charge in [-0.3, -0.25) is 9.69 Å². The largest absolute Gasteiger partial charge is 0.399 e. The molecule has 19 heavy (non-hydrogen) atoms. The van der Waals surface area contributed by atoms with E-state index in [0.29, 0.717) is 13.1 Å². The standard InChI is InChI=1S/C14H23N3OS/c1-2-19-8-4-7-17(11-14(16)18)10-12-5-3-6-13(15)9-12/h3,5-6,9H,2,4,7-8,10-11,15H2,1H3,(H2,16,18). The van der Waals surface area contributed by atoms with E-state index in [9.17, 15) is 4.79 Å². The van der Waals surface area contributed by atoms with E-state index < -0.39 is 0 Å². The van der Waals surface area contributed by atoms with Gasteiger partial charge in [0, 0.05) is 12.2 Å². The van der Waals surface area contributed by atoms with E-state index in [-0.39, 0.29) is 5.91 Å². The Morgan fingerprint density at radius 2 is 2.21 bits per heavy atom. The molecule has 106 valence electrons. The maximum absolute atomic E-state index is 11.1. The van der Waals surface area contributed by atoms with Crippen LogP contribution < -0.4 is 11.5 Å². The molecular weight excluding hydrogens is 258 g/mol. The fourth-order valence-electron chi connectivity index (χ4n) is 1.92. The highest BCUT2D eigenvalue weighted by Crippen LogP contribution is 2.10. The predicted molar refractivity (Wildman–Crippen MR) is 82.9 cm³/mol. The first-order chi connectivity index (χ1) is 9.11.